The van der Waals surface area contributed by atoms with Gasteiger partial charge in [-0.3, -0.25) is 0 Å². The first-order chi connectivity index (χ1) is 8.52. The van der Waals surface area contributed by atoms with Crippen LogP contribution in [0.4, 0.5) is 0 Å². The number of hydrogen-bond acceptors (Lipinski definition) is 3. The number of aromatic carboxylic acids is 1. The van der Waals surface area contributed by atoms with Crippen LogP contribution in [-0.4, -0.2) is 28.0 Å². The van der Waals surface area contributed by atoms with E-state index in [0.29, 0.717) is 22.2 Å². The van der Waals surface area contributed by atoms with Gasteiger partial charge in [0.05, 0.1) is 12.8 Å². The van der Waals surface area contributed by atoms with Gasteiger partial charge in [0.15, 0.2) is 0 Å². The summed E-state index contributed by atoms with van der Waals surface area (Å²) in [5.74, 6) is -0.446. The highest BCUT2D eigenvalue weighted by Crippen LogP contribution is 2.26. The minimum atomic E-state index is -1.01. The van der Waals surface area contributed by atoms with Gasteiger partial charge >= 0.3 is 5.97 Å². The average molecular weight is 267 g/mol. The van der Waals surface area contributed by atoms with Crippen molar-refractivity contribution in [1.82, 2.24) is 9.78 Å². The van der Waals surface area contributed by atoms with E-state index in [9.17, 15) is 4.79 Å². The molecule has 1 N–H and O–H groups in total. The zero-order valence-corrected chi connectivity index (χ0v) is 10.6. The number of hydrogen-bond donors (Lipinski definition) is 1. The molecule has 0 unspecified atom stereocenters. The van der Waals surface area contributed by atoms with Gasteiger partial charge in [0.1, 0.15) is 17.0 Å². The molecule has 2 aromatic rings. The Morgan fingerprint density at radius 1 is 1.50 bits per heavy atom. The molecule has 5 nitrogen and oxygen atoms in total. The minimum absolute atomic E-state index is 0.150. The maximum Gasteiger partial charge on any atom is 0.339 e. The van der Waals surface area contributed by atoms with E-state index in [4.69, 9.17) is 21.4 Å². The Hall–Kier alpha value is -2.01. The molecule has 0 spiro atoms. The molecule has 0 fully saturated rings. The van der Waals surface area contributed by atoms with Crippen LogP contribution in [0, 0.1) is 6.92 Å². The predicted octanol–water partition coefficient (Wildman–Crippen LogP) is 2.54. The van der Waals surface area contributed by atoms with Crippen LogP contribution in [0.3, 0.4) is 0 Å². The molecular weight excluding hydrogens is 256 g/mol. The van der Waals surface area contributed by atoms with Gasteiger partial charge in [-0.25, -0.2) is 9.48 Å². The van der Waals surface area contributed by atoms with Gasteiger partial charge in [-0.1, -0.05) is 11.6 Å². The summed E-state index contributed by atoms with van der Waals surface area (Å²) in [4.78, 5) is 11.0. The number of nitrogens with zero attached hydrogens (tertiary/aromatic N) is 2. The summed E-state index contributed by atoms with van der Waals surface area (Å²) < 4.78 is 6.65. The Kier molecular flexibility index (Phi) is 3.25. The Morgan fingerprint density at radius 2 is 2.22 bits per heavy atom. The third-order valence-electron chi connectivity index (χ3n) is 2.52. The summed E-state index contributed by atoms with van der Waals surface area (Å²) in [6.45, 7) is 1.64. The van der Waals surface area contributed by atoms with Crippen molar-refractivity contribution < 1.29 is 14.6 Å². The van der Waals surface area contributed by atoms with Crippen molar-refractivity contribution >= 4 is 17.6 Å². The van der Waals surface area contributed by atoms with Crippen molar-refractivity contribution in [2.75, 3.05) is 7.11 Å². The first-order valence-corrected chi connectivity index (χ1v) is 5.54. The molecule has 6 heteroatoms. The van der Waals surface area contributed by atoms with E-state index in [0.717, 1.165) is 0 Å². The molecule has 1 aromatic heterocycles. The Morgan fingerprint density at radius 3 is 2.78 bits per heavy atom. The van der Waals surface area contributed by atoms with Crippen molar-refractivity contribution in [2.24, 2.45) is 0 Å². The summed E-state index contributed by atoms with van der Waals surface area (Å²) in [7, 11) is 1.53. The maximum absolute atomic E-state index is 11.0. The molecule has 0 bridgehead atoms. The standard InChI is InChI=1S/C12H11ClN2O3/c1-7-9(12(16)17)6-15(14-7)10-5-8(13)3-4-11(10)18-2/h3-6H,1-2H3,(H,16,17). The molecule has 0 aliphatic rings. The normalized spacial score (nSPS) is 10.4. The van der Waals surface area contributed by atoms with Crippen LogP contribution in [0.5, 0.6) is 5.75 Å². The van der Waals surface area contributed by atoms with E-state index in [2.05, 4.69) is 5.10 Å². The zero-order valence-electron chi connectivity index (χ0n) is 9.85. The number of methoxy groups -OCH3 is 1. The molecular formula is C12H11ClN2O3. The lowest BCUT2D eigenvalue weighted by Crippen LogP contribution is -1.99. The summed E-state index contributed by atoms with van der Waals surface area (Å²) in [5.41, 5.74) is 1.18. The van der Waals surface area contributed by atoms with Crippen LogP contribution in [0.15, 0.2) is 24.4 Å². The van der Waals surface area contributed by atoms with Gasteiger partial charge in [-0.2, -0.15) is 5.10 Å². The van der Waals surface area contributed by atoms with Crippen molar-refractivity contribution in [3.8, 4) is 11.4 Å². The number of benzene rings is 1. The lowest BCUT2D eigenvalue weighted by molar-refractivity contribution is 0.0696. The first-order valence-electron chi connectivity index (χ1n) is 5.16. The van der Waals surface area contributed by atoms with Crippen molar-refractivity contribution in [3.63, 3.8) is 0 Å². The summed E-state index contributed by atoms with van der Waals surface area (Å²) in [6, 6.07) is 5.06. The number of ether oxygens (including phenoxy) is 1. The summed E-state index contributed by atoms with van der Waals surface area (Å²) in [6.07, 6.45) is 1.44. The van der Waals surface area contributed by atoms with Gasteiger partial charge in [0, 0.05) is 11.2 Å². The van der Waals surface area contributed by atoms with E-state index in [1.165, 1.54) is 18.0 Å². The zero-order chi connectivity index (χ0) is 13.3. The van der Waals surface area contributed by atoms with Gasteiger partial charge in [0.2, 0.25) is 0 Å². The molecule has 0 saturated heterocycles. The second-order valence-corrected chi connectivity index (χ2v) is 4.13. The SMILES string of the molecule is COc1ccc(Cl)cc1-n1cc(C(=O)O)c(C)n1. The third kappa shape index (κ3) is 2.17. The molecule has 1 aromatic carbocycles. The van der Waals surface area contributed by atoms with Crippen LogP contribution < -0.4 is 4.74 Å². The number of rotatable bonds is 3. The van der Waals surface area contributed by atoms with E-state index >= 15 is 0 Å². The molecule has 0 aliphatic heterocycles. The van der Waals surface area contributed by atoms with Crippen LogP contribution >= 0.6 is 11.6 Å². The molecule has 18 heavy (non-hydrogen) atoms. The number of carboxylic acid groups (broad SMARTS) is 1. The quantitative estimate of drug-likeness (QED) is 0.927. The van der Waals surface area contributed by atoms with Gasteiger partial charge in [0.25, 0.3) is 0 Å². The predicted molar refractivity (Wildman–Crippen MR) is 66.8 cm³/mol. The molecule has 2 rings (SSSR count). The second-order valence-electron chi connectivity index (χ2n) is 3.69. The number of halogens is 1. The number of carbonyl (C=O) groups is 1. The average Bonchev–Trinajstić information content (AvgIpc) is 2.71. The van der Waals surface area contributed by atoms with Crippen LogP contribution in [0.2, 0.25) is 5.02 Å². The van der Waals surface area contributed by atoms with Crippen LogP contribution in [0.1, 0.15) is 16.1 Å². The first kappa shape index (κ1) is 12.4. The van der Waals surface area contributed by atoms with E-state index in [1.807, 2.05) is 0 Å². The molecule has 0 atom stereocenters. The molecule has 1 heterocycles. The Labute approximate surface area is 109 Å². The van der Waals surface area contributed by atoms with E-state index in [-0.39, 0.29) is 5.56 Å². The highest BCUT2D eigenvalue weighted by atomic mass is 35.5. The summed E-state index contributed by atoms with van der Waals surface area (Å²) >= 11 is 5.92. The number of aromatic nitrogens is 2. The van der Waals surface area contributed by atoms with E-state index < -0.39 is 5.97 Å². The van der Waals surface area contributed by atoms with Crippen molar-refractivity contribution in [3.05, 3.63) is 40.7 Å². The fourth-order valence-electron chi connectivity index (χ4n) is 1.64. The fourth-order valence-corrected chi connectivity index (χ4v) is 1.80. The topological polar surface area (TPSA) is 64.3 Å². The Bertz CT molecular complexity index is 607. The summed E-state index contributed by atoms with van der Waals surface area (Å²) in [5, 5.41) is 13.7. The van der Waals surface area contributed by atoms with Gasteiger partial charge in [-0.15, -0.1) is 0 Å². The monoisotopic (exact) mass is 266 g/mol. The minimum Gasteiger partial charge on any atom is -0.494 e. The highest BCUT2D eigenvalue weighted by Gasteiger charge is 2.15. The Balaban J connectivity index is 2.58. The van der Waals surface area contributed by atoms with Crippen molar-refractivity contribution in [1.29, 1.82) is 0 Å². The largest absolute Gasteiger partial charge is 0.494 e. The molecule has 0 radical (unpaired) electrons. The molecule has 0 amide bonds. The lowest BCUT2D eigenvalue weighted by atomic mass is 10.2. The van der Waals surface area contributed by atoms with Crippen LogP contribution in [-0.2, 0) is 0 Å². The fraction of sp³-hybridized carbons (Fsp3) is 0.167. The smallest absolute Gasteiger partial charge is 0.339 e. The van der Waals surface area contributed by atoms with Gasteiger partial charge < -0.3 is 9.84 Å². The molecule has 0 saturated carbocycles. The number of carboxylic acids is 1. The van der Waals surface area contributed by atoms with E-state index in [1.54, 1.807) is 25.1 Å². The maximum atomic E-state index is 11.0. The van der Waals surface area contributed by atoms with Crippen molar-refractivity contribution in [2.45, 2.75) is 6.92 Å². The lowest BCUT2D eigenvalue weighted by Gasteiger charge is -2.08. The third-order valence-corrected chi connectivity index (χ3v) is 2.75. The van der Waals surface area contributed by atoms with Crippen LogP contribution in [0.25, 0.3) is 5.69 Å². The second kappa shape index (κ2) is 4.70. The number of aryl methyl sites for hydroxylation is 1. The van der Waals surface area contributed by atoms with Gasteiger partial charge in [-0.05, 0) is 25.1 Å². The molecule has 94 valence electrons. The highest BCUT2D eigenvalue weighted by molar-refractivity contribution is 6.30. The molecule has 0 aliphatic carbocycles.